The number of benzene rings is 2. The molecule has 0 spiro atoms. The maximum atomic E-state index is 11.4. The topological polar surface area (TPSA) is 59.7 Å². The summed E-state index contributed by atoms with van der Waals surface area (Å²) in [6.07, 6.45) is 1.60. The highest BCUT2D eigenvalue weighted by atomic mass is 35.5. The van der Waals surface area contributed by atoms with Crippen molar-refractivity contribution in [1.29, 1.82) is 0 Å². The molecule has 5 heteroatoms. The van der Waals surface area contributed by atoms with Crippen LogP contribution in [0.3, 0.4) is 0 Å². The first-order valence-corrected chi connectivity index (χ1v) is 7.76. The van der Waals surface area contributed by atoms with Gasteiger partial charge in [-0.15, -0.1) is 0 Å². The molecule has 0 atom stereocenters. The number of phenols is 1. The number of rotatable bonds is 5. The first-order valence-electron chi connectivity index (χ1n) is 7.38. The number of aromatic hydroxyl groups is 1. The number of hydrogen-bond donors (Lipinski definition) is 1. The van der Waals surface area contributed by atoms with Gasteiger partial charge in [-0.05, 0) is 11.6 Å². The molecule has 0 fully saturated rings. The highest BCUT2D eigenvalue weighted by molar-refractivity contribution is 6.32. The van der Waals surface area contributed by atoms with Crippen LogP contribution in [0.4, 0.5) is 0 Å². The van der Waals surface area contributed by atoms with Crippen molar-refractivity contribution in [1.82, 2.24) is 0 Å². The largest absolute Gasteiger partial charge is 0.504 e. The predicted molar refractivity (Wildman–Crippen MR) is 91.7 cm³/mol. The van der Waals surface area contributed by atoms with Gasteiger partial charge in [0.2, 0.25) is 0 Å². The molecule has 3 rings (SSSR count). The molecule has 3 aromatic rings. The molecule has 4 nitrogen and oxygen atoms in total. The minimum atomic E-state index is -0.148. The van der Waals surface area contributed by atoms with Crippen LogP contribution in [0.5, 0.6) is 11.5 Å². The second-order valence-electron chi connectivity index (χ2n) is 5.27. The zero-order valence-corrected chi connectivity index (χ0v) is 13.5. The Bertz CT molecular complexity index is 887. The lowest BCUT2D eigenvalue weighted by Crippen LogP contribution is -2.00. The lowest BCUT2D eigenvalue weighted by atomic mass is 10.1. The first-order chi connectivity index (χ1) is 11.6. The second kappa shape index (κ2) is 7.23. The Hall–Kier alpha value is -2.72. The normalized spacial score (nSPS) is 10.5. The van der Waals surface area contributed by atoms with Crippen LogP contribution in [0.15, 0.2) is 70.1 Å². The van der Waals surface area contributed by atoms with E-state index in [1.165, 1.54) is 18.4 Å². The molecule has 0 aliphatic carbocycles. The summed E-state index contributed by atoms with van der Waals surface area (Å²) in [5.41, 5.74) is 1.38. The monoisotopic (exact) mass is 342 g/mol. The third-order valence-electron chi connectivity index (χ3n) is 3.51. The van der Waals surface area contributed by atoms with Crippen molar-refractivity contribution in [3.63, 3.8) is 0 Å². The van der Waals surface area contributed by atoms with E-state index in [1.807, 2.05) is 30.3 Å². The Kier molecular flexibility index (Phi) is 4.87. The molecular formula is C19H15ClO4. The molecule has 122 valence electrons. The molecule has 1 heterocycles. The lowest BCUT2D eigenvalue weighted by Gasteiger charge is -2.13. The van der Waals surface area contributed by atoms with E-state index in [0.717, 1.165) is 5.56 Å². The number of phenolic OH excluding ortho intramolecular Hbond substituents is 1. The fourth-order valence-corrected chi connectivity index (χ4v) is 2.51. The van der Waals surface area contributed by atoms with Crippen LogP contribution in [0, 0.1) is 0 Å². The summed E-state index contributed by atoms with van der Waals surface area (Å²) in [6, 6.07) is 15.6. The zero-order chi connectivity index (χ0) is 16.9. The quantitative estimate of drug-likeness (QED) is 0.756. The Morgan fingerprint density at radius 1 is 1.08 bits per heavy atom. The smallest absolute Gasteiger partial charge is 0.185 e. The summed E-state index contributed by atoms with van der Waals surface area (Å²) in [5, 5.41) is 10.8. The average molecular weight is 343 g/mol. The van der Waals surface area contributed by atoms with Gasteiger partial charge in [0.25, 0.3) is 0 Å². The van der Waals surface area contributed by atoms with E-state index in [4.69, 9.17) is 20.8 Å². The fourth-order valence-electron chi connectivity index (χ4n) is 2.31. The summed E-state index contributed by atoms with van der Waals surface area (Å²) in [6.45, 7) is 0.290. The van der Waals surface area contributed by atoms with E-state index < -0.39 is 0 Å². The van der Waals surface area contributed by atoms with Crippen LogP contribution in [-0.4, -0.2) is 5.11 Å². The van der Waals surface area contributed by atoms with E-state index >= 15 is 0 Å². The Morgan fingerprint density at radius 2 is 1.88 bits per heavy atom. The zero-order valence-electron chi connectivity index (χ0n) is 12.7. The summed E-state index contributed by atoms with van der Waals surface area (Å²) in [5.74, 6) is 0.621. The minimum absolute atomic E-state index is 0.0510. The maximum Gasteiger partial charge on any atom is 0.185 e. The lowest BCUT2D eigenvalue weighted by molar-refractivity contribution is 0.288. The van der Waals surface area contributed by atoms with Crippen molar-refractivity contribution >= 4 is 11.6 Å². The predicted octanol–water partition coefficient (Wildman–Crippen LogP) is 4.17. The summed E-state index contributed by atoms with van der Waals surface area (Å²) < 4.78 is 11.0. The molecule has 0 aliphatic rings. The standard InChI is InChI=1S/C19H15ClO4/c20-17-7-6-14(10-16-11-15(21)8-9-23-16)18(22)19(17)24-12-13-4-2-1-3-5-13/h1-9,11,22H,10,12H2. The third kappa shape index (κ3) is 3.78. The molecule has 24 heavy (non-hydrogen) atoms. The van der Waals surface area contributed by atoms with Crippen LogP contribution in [0.1, 0.15) is 16.9 Å². The van der Waals surface area contributed by atoms with E-state index in [1.54, 1.807) is 12.1 Å². The Balaban J connectivity index is 1.83. The molecule has 0 unspecified atom stereocenters. The number of halogens is 1. The SMILES string of the molecule is O=c1ccoc(Cc2ccc(Cl)c(OCc3ccccc3)c2O)c1. The highest BCUT2D eigenvalue weighted by Crippen LogP contribution is 2.38. The summed E-state index contributed by atoms with van der Waals surface area (Å²) in [7, 11) is 0. The van der Waals surface area contributed by atoms with E-state index in [-0.39, 0.29) is 30.0 Å². The number of ether oxygens (including phenoxy) is 1. The first kappa shape index (κ1) is 16.1. The third-order valence-corrected chi connectivity index (χ3v) is 3.81. The van der Waals surface area contributed by atoms with Gasteiger partial charge in [0, 0.05) is 24.1 Å². The van der Waals surface area contributed by atoms with Gasteiger partial charge in [-0.1, -0.05) is 48.0 Å². The van der Waals surface area contributed by atoms with Crippen LogP contribution in [0.25, 0.3) is 0 Å². The molecule has 0 amide bonds. The molecule has 1 aromatic heterocycles. The Labute approximate surface area is 143 Å². The number of hydrogen-bond acceptors (Lipinski definition) is 4. The van der Waals surface area contributed by atoms with Gasteiger partial charge in [0.1, 0.15) is 12.4 Å². The van der Waals surface area contributed by atoms with Crippen molar-refractivity contribution in [3.8, 4) is 11.5 Å². The van der Waals surface area contributed by atoms with Gasteiger partial charge >= 0.3 is 0 Å². The van der Waals surface area contributed by atoms with Crippen LogP contribution in [0.2, 0.25) is 5.02 Å². The van der Waals surface area contributed by atoms with E-state index in [9.17, 15) is 9.90 Å². The molecular weight excluding hydrogens is 328 g/mol. The van der Waals surface area contributed by atoms with Crippen LogP contribution >= 0.6 is 11.6 Å². The fraction of sp³-hybridized carbons (Fsp3) is 0.105. The average Bonchev–Trinajstić information content (AvgIpc) is 2.58. The molecule has 0 aliphatic heterocycles. The van der Waals surface area contributed by atoms with E-state index in [0.29, 0.717) is 16.3 Å². The van der Waals surface area contributed by atoms with Crippen molar-refractivity contribution in [2.75, 3.05) is 0 Å². The van der Waals surface area contributed by atoms with Crippen molar-refractivity contribution < 1.29 is 14.3 Å². The van der Waals surface area contributed by atoms with Gasteiger partial charge in [-0.3, -0.25) is 4.79 Å². The molecule has 0 saturated heterocycles. The summed E-state index contributed by atoms with van der Waals surface area (Å²) >= 11 is 6.14. The molecule has 1 N–H and O–H groups in total. The van der Waals surface area contributed by atoms with Crippen LogP contribution in [-0.2, 0) is 13.0 Å². The molecule has 2 aromatic carbocycles. The molecule has 0 saturated carbocycles. The van der Waals surface area contributed by atoms with Gasteiger partial charge < -0.3 is 14.3 Å². The highest BCUT2D eigenvalue weighted by Gasteiger charge is 2.14. The van der Waals surface area contributed by atoms with Gasteiger partial charge in [-0.2, -0.15) is 0 Å². The molecule has 0 radical (unpaired) electrons. The van der Waals surface area contributed by atoms with Gasteiger partial charge in [0.15, 0.2) is 16.9 Å². The van der Waals surface area contributed by atoms with Crippen LogP contribution < -0.4 is 10.2 Å². The van der Waals surface area contributed by atoms with Crippen molar-refractivity contribution in [2.24, 2.45) is 0 Å². The summed E-state index contributed by atoms with van der Waals surface area (Å²) in [4.78, 5) is 11.4. The maximum absolute atomic E-state index is 11.4. The molecule has 0 bridgehead atoms. The second-order valence-corrected chi connectivity index (χ2v) is 5.68. The van der Waals surface area contributed by atoms with E-state index in [2.05, 4.69) is 0 Å². The minimum Gasteiger partial charge on any atom is -0.504 e. The van der Waals surface area contributed by atoms with Crippen molar-refractivity contribution in [3.05, 3.63) is 93.0 Å². The van der Waals surface area contributed by atoms with Gasteiger partial charge in [0.05, 0.1) is 11.3 Å². The van der Waals surface area contributed by atoms with Crippen molar-refractivity contribution in [2.45, 2.75) is 13.0 Å². The Morgan fingerprint density at radius 3 is 2.62 bits per heavy atom. The van der Waals surface area contributed by atoms with Gasteiger partial charge in [-0.25, -0.2) is 0 Å².